The normalized spacial score (nSPS) is 15.3. The molecule has 1 atom stereocenters. The van der Waals surface area contributed by atoms with Crippen molar-refractivity contribution in [3.05, 3.63) is 51.4 Å². The summed E-state index contributed by atoms with van der Waals surface area (Å²) in [7, 11) is 0. The van der Waals surface area contributed by atoms with E-state index in [0.29, 0.717) is 23.0 Å². The molecule has 1 aliphatic carbocycles. The molecule has 0 spiro atoms. The van der Waals surface area contributed by atoms with E-state index in [4.69, 9.17) is 5.11 Å². The van der Waals surface area contributed by atoms with Crippen molar-refractivity contribution in [2.24, 2.45) is 5.92 Å². The van der Waals surface area contributed by atoms with E-state index < -0.39 is 5.97 Å². The lowest BCUT2D eigenvalue weighted by Gasteiger charge is -2.21. The maximum absolute atomic E-state index is 13.1. The van der Waals surface area contributed by atoms with Gasteiger partial charge in [0.25, 0.3) is 5.91 Å². The first-order valence-corrected chi connectivity index (χ1v) is 11.2. The van der Waals surface area contributed by atoms with Crippen molar-refractivity contribution in [1.82, 2.24) is 5.32 Å². The van der Waals surface area contributed by atoms with Crippen LogP contribution in [0.2, 0.25) is 0 Å². The van der Waals surface area contributed by atoms with Gasteiger partial charge in [-0.3, -0.25) is 14.4 Å². The van der Waals surface area contributed by atoms with Crippen molar-refractivity contribution in [2.45, 2.75) is 58.9 Å². The van der Waals surface area contributed by atoms with Crippen LogP contribution in [0.25, 0.3) is 0 Å². The quantitative estimate of drug-likeness (QED) is 0.584. The smallest absolute Gasteiger partial charge is 0.303 e. The fourth-order valence-corrected chi connectivity index (χ4v) is 5.09. The number of carbonyl (C=O) groups is 3. The van der Waals surface area contributed by atoms with Crippen molar-refractivity contribution in [3.8, 4) is 0 Å². The Balaban J connectivity index is 1.80. The number of carbonyl (C=O) groups excluding carboxylic acids is 2. The van der Waals surface area contributed by atoms with Gasteiger partial charge in [0.05, 0.1) is 12.0 Å². The number of hydrogen-bond donors (Lipinski definition) is 3. The number of carboxylic acid groups (broad SMARTS) is 1. The molecule has 1 heterocycles. The SMILES string of the molecule is CC[C@H]1CCc2c(sc(NC(=O)CCC(=O)O)c2C(=O)NCc2ccc(C)cc2)C1. The highest BCUT2D eigenvalue weighted by Crippen LogP contribution is 2.40. The number of anilines is 1. The molecule has 2 aromatic rings. The molecule has 0 unspecified atom stereocenters. The highest BCUT2D eigenvalue weighted by atomic mass is 32.1. The maximum Gasteiger partial charge on any atom is 0.303 e. The Bertz CT molecular complexity index is 933. The van der Waals surface area contributed by atoms with Crippen LogP contribution in [0.15, 0.2) is 24.3 Å². The monoisotopic (exact) mass is 428 g/mol. The molecular formula is C23H28N2O4S. The van der Waals surface area contributed by atoms with Crippen molar-refractivity contribution in [1.29, 1.82) is 0 Å². The van der Waals surface area contributed by atoms with Crippen LogP contribution in [0.4, 0.5) is 5.00 Å². The third-order valence-electron chi connectivity index (χ3n) is 5.56. The van der Waals surface area contributed by atoms with Crippen LogP contribution in [0, 0.1) is 12.8 Å². The summed E-state index contributed by atoms with van der Waals surface area (Å²) in [6.07, 6.45) is 3.52. The fraction of sp³-hybridized carbons (Fsp3) is 0.435. The second kappa shape index (κ2) is 9.89. The van der Waals surface area contributed by atoms with Gasteiger partial charge in [0.1, 0.15) is 5.00 Å². The van der Waals surface area contributed by atoms with Crippen LogP contribution in [-0.4, -0.2) is 22.9 Å². The van der Waals surface area contributed by atoms with Crippen LogP contribution in [-0.2, 0) is 29.0 Å². The third-order valence-corrected chi connectivity index (χ3v) is 6.73. The molecule has 30 heavy (non-hydrogen) atoms. The minimum Gasteiger partial charge on any atom is -0.481 e. The van der Waals surface area contributed by atoms with Crippen molar-refractivity contribution >= 4 is 34.1 Å². The second-order valence-electron chi connectivity index (χ2n) is 7.84. The standard InChI is InChI=1S/C23H28N2O4S/c1-3-15-8-9-17-18(12-15)30-23(25-19(26)10-11-20(27)28)21(17)22(29)24-13-16-6-4-14(2)5-7-16/h4-7,15H,3,8-13H2,1-2H3,(H,24,29)(H,25,26)(H,27,28)/t15-/m0/s1. The molecular weight excluding hydrogens is 400 g/mol. The maximum atomic E-state index is 13.1. The number of nitrogens with one attached hydrogen (secondary N) is 2. The summed E-state index contributed by atoms with van der Waals surface area (Å²) in [5.41, 5.74) is 3.74. The molecule has 160 valence electrons. The van der Waals surface area contributed by atoms with Crippen LogP contribution in [0.1, 0.15) is 64.5 Å². The first-order chi connectivity index (χ1) is 14.4. The highest BCUT2D eigenvalue weighted by molar-refractivity contribution is 7.17. The second-order valence-corrected chi connectivity index (χ2v) is 8.94. The molecule has 6 nitrogen and oxygen atoms in total. The minimum atomic E-state index is -1.02. The molecule has 0 radical (unpaired) electrons. The van der Waals surface area contributed by atoms with Crippen LogP contribution >= 0.6 is 11.3 Å². The summed E-state index contributed by atoms with van der Waals surface area (Å²) in [4.78, 5) is 37.2. The van der Waals surface area contributed by atoms with Crippen molar-refractivity contribution in [3.63, 3.8) is 0 Å². The molecule has 2 amide bonds. The lowest BCUT2D eigenvalue weighted by Crippen LogP contribution is -2.26. The predicted octanol–water partition coefficient (Wildman–Crippen LogP) is 4.30. The number of rotatable bonds is 8. The number of hydrogen-bond acceptors (Lipinski definition) is 4. The van der Waals surface area contributed by atoms with E-state index in [-0.39, 0.29) is 24.7 Å². The van der Waals surface area contributed by atoms with Gasteiger partial charge in [0.15, 0.2) is 0 Å². The number of fused-ring (bicyclic) bond motifs is 1. The molecule has 1 aromatic carbocycles. The Hall–Kier alpha value is -2.67. The lowest BCUT2D eigenvalue weighted by molar-refractivity contribution is -0.138. The van der Waals surface area contributed by atoms with Crippen molar-refractivity contribution in [2.75, 3.05) is 5.32 Å². The van der Waals surface area contributed by atoms with Gasteiger partial charge in [-0.25, -0.2) is 0 Å². The Kier molecular flexibility index (Phi) is 7.26. The molecule has 1 aromatic heterocycles. The molecule has 3 rings (SSSR count). The molecule has 0 saturated carbocycles. The molecule has 0 bridgehead atoms. The van der Waals surface area contributed by atoms with Crippen LogP contribution < -0.4 is 10.6 Å². The zero-order valence-electron chi connectivity index (χ0n) is 17.4. The third kappa shape index (κ3) is 5.48. The average Bonchev–Trinajstić information content (AvgIpc) is 3.08. The van der Waals surface area contributed by atoms with Crippen LogP contribution in [0.5, 0.6) is 0 Å². The van der Waals surface area contributed by atoms with Gasteiger partial charge in [0, 0.05) is 17.8 Å². The number of aryl methyl sites for hydroxylation is 1. The van der Waals surface area contributed by atoms with Crippen molar-refractivity contribution < 1.29 is 19.5 Å². The topological polar surface area (TPSA) is 95.5 Å². The first-order valence-electron chi connectivity index (χ1n) is 10.4. The summed E-state index contributed by atoms with van der Waals surface area (Å²) in [5, 5.41) is 15.1. The number of aliphatic carboxylic acids is 1. The Labute approximate surface area is 180 Å². The van der Waals surface area contributed by atoms with Gasteiger partial charge in [-0.15, -0.1) is 11.3 Å². The lowest BCUT2D eigenvalue weighted by atomic mass is 9.85. The van der Waals surface area contributed by atoms with Crippen LogP contribution in [0.3, 0.4) is 0 Å². The van der Waals surface area contributed by atoms with Gasteiger partial charge >= 0.3 is 5.97 Å². The molecule has 3 N–H and O–H groups in total. The van der Waals surface area contributed by atoms with E-state index >= 15 is 0 Å². The number of amides is 2. The summed E-state index contributed by atoms with van der Waals surface area (Å²) >= 11 is 1.46. The number of benzene rings is 1. The first kappa shape index (κ1) is 22.0. The minimum absolute atomic E-state index is 0.111. The van der Waals surface area contributed by atoms with Gasteiger partial charge < -0.3 is 15.7 Å². The molecule has 1 aliphatic rings. The molecule has 0 fully saturated rings. The average molecular weight is 429 g/mol. The van der Waals surface area contributed by atoms with E-state index in [9.17, 15) is 14.4 Å². The molecule has 0 aliphatic heterocycles. The highest BCUT2D eigenvalue weighted by Gasteiger charge is 2.29. The fourth-order valence-electron chi connectivity index (χ4n) is 3.72. The zero-order chi connectivity index (χ0) is 21.7. The van der Waals surface area contributed by atoms with E-state index in [1.165, 1.54) is 11.3 Å². The van der Waals surface area contributed by atoms with Gasteiger partial charge in [-0.2, -0.15) is 0 Å². The summed E-state index contributed by atoms with van der Waals surface area (Å²) in [5.74, 6) is -1.00. The van der Waals surface area contributed by atoms with E-state index in [0.717, 1.165) is 47.3 Å². The Morgan fingerprint density at radius 2 is 1.90 bits per heavy atom. The summed E-state index contributed by atoms with van der Waals surface area (Å²) < 4.78 is 0. The summed E-state index contributed by atoms with van der Waals surface area (Å²) in [6.45, 7) is 4.60. The summed E-state index contributed by atoms with van der Waals surface area (Å²) in [6, 6.07) is 7.98. The number of carboxylic acids is 1. The van der Waals surface area contributed by atoms with Gasteiger partial charge in [-0.1, -0.05) is 43.2 Å². The Morgan fingerprint density at radius 1 is 1.17 bits per heavy atom. The van der Waals surface area contributed by atoms with E-state index in [2.05, 4.69) is 17.6 Å². The largest absolute Gasteiger partial charge is 0.481 e. The van der Waals surface area contributed by atoms with E-state index in [1.54, 1.807) is 0 Å². The zero-order valence-corrected chi connectivity index (χ0v) is 18.2. The Morgan fingerprint density at radius 3 is 2.57 bits per heavy atom. The molecule has 0 saturated heterocycles. The predicted molar refractivity (Wildman–Crippen MR) is 118 cm³/mol. The molecule has 7 heteroatoms. The van der Waals surface area contributed by atoms with Gasteiger partial charge in [-0.05, 0) is 43.2 Å². The number of thiophene rings is 1. The van der Waals surface area contributed by atoms with Gasteiger partial charge in [0.2, 0.25) is 5.91 Å². The van der Waals surface area contributed by atoms with E-state index in [1.807, 2.05) is 31.2 Å².